The zero-order valence-corrected chi connectivity index (χ0v) is 11.8. The van der Waals surface area contributed by atoms with Crippen molar-refractivity contribution in [3.8, 4) is 0 Å². The lowest BCUT2D eigenvalue weighted by atomic mass is 9.87. The third-order valence-electron chi connectivity index (χ3n) is 3.49. The summed E-state index contributed by atoms with van der Waals surface area (Å²) in [5.74, 6) is -0.942. The van der Waals surface area contributed by atoms with Crippen molar-refractivity contribution in [1.29, 1.82) is 0 Å². The average molecular weight is 260 g/mol. The SMILES string of the molecule is C=C(C(=O)O)C(CCCCCCC)c1ccccc1. The number of unbranched alkanes of at least 4 members (excludes halogenated alkanes) is 4. The third-order valence-corrected chi connectivity index (χ3v) is 3.49. The molecule has 2 nitrogen and oxygen atoms in total. The average Bonchev–Trinajstić information content (AvgIpc) is 2.43. The molecule has 0 saturated heterocycles. The van der Waals surface area contributed by atoms with Crippen LogP contribution in [0.25, 0.3) is 0 Å². The van der Waals surface area contributed by atoms with Crippen molar-refractivity contribution in [3.05, 3.63) is 48.0 Å². The summed E-state index contributed by atoms with van der Waals surface area (Å²) in [4.78, 5) is 11.1. The Morgan fingerprint density at radius 1 is 1.16 bits per heavy atom. The standard InChI is InChI=1S/C17H24O2/c1-3-4-5-6-10-13-16(14(2)17(18)19)15-11-8-7-9-12-15/h7-9,11-12,16H,2-6,10,13H2,1H3,(H,18,19). The van der Waals surface area contributed by atoms with E-state index in [2.05, 4.69) is 13.5 Å². The van der Waals surface area contributed by atoms with Gasteiger partial charge in [-0.2, -0.15) is 0 Å². The Bertz CT molecular complexity index is 395. The van der Waals surface area contributed by atoms with Crippen molar-refractivity contribution in [1.82, 2.24) is 0 Å². The molecule has 0 fully saturated rings. The normalized spacial score (nSPS) is 12.1. The number of hydrogen-bond donors (Lipinski definition) is 1. The Labute approximate surface area is 116 Å². The predicted molar refractivity (Wildman–Crippen MR) is 79.3 cm³/mol. The van der Waals surface area contributed by atoms with Crippen molar-refractivity contribution in [2.24, 2.45) is 0 Å². The molecule has 0 spiro atoms. The highest BCUT2D eigenvalue weighted by Crippen LogP contribution is 2.29. The predicted octanol–water partition coefficient (Wildman–Crippen LogP) is 4.77. The van der Waals surface area contributed by atoms with E-state index >= 15 is 0 Å². The van der Waals surface area contributed by atoms with Gasteiger partial charge in [-0.1, -0.05) is 75.9 Å². The lowest BCUT2D eigenvalue weighted by Gasteiger charge is -2.17. The molecule has 0 amide bonds. The van der Waals surface area contributed by atoms with Gasteiger partial charge in [-0.15, -0.1) is 0 Å². The van der Waals surface area contributed by atoms with Crippen molar-refractivity contribution in [2.75, 3.05) is 0 Å². The van der Waals surface area contributed by atoms with E-state index in [1.54, 1.807) is 0 Å². The lowest BCUT2D eigenvalue weighted by Crippen LogP contribution is -2.10. The zero-order valence-electron chi connectivity index (χ0n) is 11.8. The molecule has 0 saturated carbocycles. The van der Waals surface area contributed by atoms with Gasteiger partial charge in [-0.05, 0) is 12.0 Å². The number of hydrogen-bond acceptors (Lipinski definition) is 1. The molecule has 0 aliphatic heterocycles. The molecule has 0 bridgehead atoms. The van der Waals surface area contributed by atoms with Gasteiger partial charge in [0.2, 0.25) is 0 Å². The van der Waals surface area contributed by atoms with Crippen LogP contribution in [0, 0.1) is 0 Å². The van der Waals surface area contributed by atoms with Crippen molar-refractivity contribution >= 4 is 5.97 Å². The van der Waals surface area contributed by atoms with Crippen LogP contribution in [0.1, 0.15) is 56.9 Å². The molecule has 0 radical (unpaired) electrons. The van der Waals surface area contributed by atoms with Gasteiger partial charge >= 0.3 is 5.97 Å². The van der Waals surface area contributed by atoms with Gasteiger partial charge in [0.25, 0.3) is 0 Å². The first-order valence-electron chi connectivity index (χ1n) is 7.13. The maximum atomic E-state index is 11.1. The van der Waals surface area contributed by atoms with Crippen molar-refractivity contribution in [3.63, 3.8) is 0 Å². The summed E-state index contributed by atoms with van der Waals surface area (Å²) in [5, 5.41) is 9.15. The van der Waals surface area contributed by atoms with Crippen LogP contribution in [0.4, 0.5) is 0 Å². The Kier molecular flexibility index (Phi) is 6.94. The number of carboxylic acid groups (broad SMARTS) is 1. The molecule has 1 aromatic rings. The second-order valence-corrected chi connectivity index (χ2v) is 5.00. The van der Waals surface area contributed by atoms with E-state index in [1.165, 1.54) is 25.7 Å². The molecule has 1 atom stereocenters. The minimum absolute atomic E-state index is 0.0553. The maximum Gasteiger partial charge on any atom is 0.331 e. The second-order valence-electron chi connectivity index (χ2n) is 5.00. The Balaban J connectivity index is 2.61. The van der Waals surface area contributed by atoms with Crippen LogP contribution in [0.5, 0.6) is 0 Å². The van der Waals surface area contributed by atoms with Crippen LogP contribution in [-0.2, 0) is 4.79 Å². The van der Waals surface area contributed by atoms with Gasteiger partial charge in [-0.25, -0.2) is 4.79 Å². The zero-order chi connectivity index (χ0) is 14.1. The number of benzene rings is 1. The second kappa shape index (κ2) is 8.52. The van der Waals surface area contributed by atoms with E-state index in [9.17, 15) is 4.79 Å². The monoisotopic (exact) mass is 260 g/mol. The fraction of sp³-hybridized carbons (Fsp3) is 0.471. The summed E-state index contributed by atoms with van der Waals surface area (Å²) in [7, 11) is 0. The van der Waals surface area contributed by atoms with E-state index in [4.69, 9.17) is 5.11 Å². The fourth-order valence-electron chi connectivity index (χ4n) is 2.33. The number of aliphatic carboxylic acids is 1. The number of rotatable bonds is 9. The molecular formula is C17H24O2. The first kappa shape index (κ1) is 15.5. The van der Waals surface area contributed by atoms with Crippen molar-refractivity contribution in [2.45, 2.75) is 51.4 Å². The molecule has 1 unspecified atom stereocenters. The highest BCUT2D eigenvalue weighted by molar-refractivity contribution is 5.87. The molecule has 0 aromatic heterocycles. The van der Waals surface area contributed by atoms with E-state index < -0.39 is 5.97 Å². The largest absolute Gasteiger partial charge is 0.478 e. The maximum absolute atomic E-state index is 11.1. The third kappa shape index (κ3) is 5.29. The van der Waals surface area contributed by atoms with E-state index in [1.807, 2.05) is 30.3 Å². The molecule has 0 heterocycles. The summed E-state index contributed by atoms with van der Waals surface area (Å²) in [6, 6.07) is 9.84. The smallest absolute Gasteiger partial charge is 0.331 e. The molecule has 1 aromatic carbocycles. The summed E-state index contributed by atoms with van der Waals surface area (Å²) in [6.45, 7) is 5.94. The highest BCUT2D eigenvalue weighted by atomic mass is 16.4. The summed E-state index contributed by atoms with van der Waals surface area (Å²) >= 11 is 0. The summed E-state index contributed by atoms with van der Waals surface area (Å²) in [5.41, 5.74) is 1.37. The topological polar surface area (TPSA) is 37.3 Å². The van der Waals surface area contributed by atoms with E-state index in [-0.39, 0.29) is 5.92 Å². The van der Waals surface area contributed by atoms with Gasteiger partial charge < -0.3 is 5.11 Å². The number of carbonyl (C=O) groups is 1. The van der Waals surface area contributed by atoms with Crippen LogP contribution >= 0.6 is 0 Å². The number of carboxylic acids is 1. The van der Waals surface area contributed by atoms with E-state index in [0.29, 0.717) is 5.57 Å². The minimum atomic E-state index is -0.887. The molecule has 2 heteroatoms. The van der Waals surface area contributed by atoms with Gasteiger partial charge in [0, 0.05) is 11.5 Å². The lowest BCUT2D eigenvalue weighted by molar-refractivity contribution is -0.132. The van der Waals surface area contributed by atoms with Crippen LogP contribution < -0.4 is 0 Å². The van der Waals surface area contributed by atoms with Crippen molar-refractivity contribution < 1.29 is 9.90 Å². The Morgan fingerprint density at radius 3 is 2.37 bits per heavy atom. The molecular weight excluding hydrogens is 236 g/mol. The van der Waals surface area contributed by atoms with Gasteiger partial charge in [0.15, 0.2) is 0 Å². The fourth-order valence-corrected chi connectivity index (χ4v) is 2.33. The van der Waals surface area contributed by atoms with Gasteiger partial charge in [-0.3, -0.25) is 0 Å². The molecule has 0 aliphatic rings. The Hall–Kier alpha value is -1.57. The van der Waals surface area contributed by atoms with Gasteiger partial charge in [0.05, 0.1) is 0 Å². The summed E-state index contributed by atoms with van der Waals surface area (Å²) < 4.78 is 0. The van der Waals surface area contributed by atoms with Crippen LogP contribution in [0.15, 0.2) is 42.5 Å². The minimum Gasteiger partial charge on any atom is -0.478 e. The van der Waals surface area contributed by atoms with Gasteiger partial charge in [0.1, 0.15) is 0 Å². The molecule has 1 rings (SSSR count). The quantitative estimate of drug-likeness (QED) is 0.513. The van der Waals surface area contributed by atoms with Crippen LogP contribution in [-0.4, -0.2) is 11.1 Å². The molecule has 104 valence electrons. The Morgan fingerprint density at radius 2 is 1.79 bits per heavy atom. The molecule has 1 N–H and O–H groups in total. The summed E-state index contributed by atoms with van der Waals surface area (Å²) in [6.07, 6.45) is 6.83. The highest BCUT2D eigenvalue weighted by Gasteiger charge is 2.19. The van der Waals surface area contributed by atoms with Crippen LogP contribution in [0.3, 0.4) is 0 Å². The molecule has 19 heavy (non-hydrogen) atoms. The first-order valence-corrected chi connectivity index (χ1v) is 7.13. The molecule has 0 aliphatic carbocycles. The van der Waals surface area contributed by atoms with E-state index in [0.717, 1.165) is 18.4 Å². The van der Waals surface area contributed by atoms with Crippen LogP contribution in [0.2, 0.25) is 0 Å². The first-order chi connectivity index (χ1) is 9.16.